The van der Waals surface area contributed by atoms with E-state index in [0.717, 1.165) is 17.1 Å². The molecule has 3 N–H and O–H groups in total. The summed E-state index contributed by atoms with van der Waals surface area (Å²) in [6.45, 7) is 6.31. The van der Waals surface area contributed by atoms with Gasteiger partial charge in [0.25, 0.3) is 5.91 Å². The normalized spacial score (nSPS) is 10.1. The number of carbonyl (C=O) groups is 2. The molecule has 0 spiro atoms. The van der Waals surface area contributed by atoms with E-state index in [1.807, 2.05) is 38.1 Å². The lowest BCUT2D eigenvalue weighted by molar-refractivity contribution is 0.0936. The van der Waals surface area contributed by atoms with Crippen LogP contribution in [0.5, 0.6) is 0 Å². The number of nitrogens with one attached hydrogen (secondary N) is 3. The van der Waals surface area contributed by atoms with E-state index in [0.29, 0.717) is 12.1 Å². The van der Waals surface area contributed by atoms with Gasteiger partial charge >= 0.3 is 6.03 Å². The molecule has 1 heterocycles. The van der Waals surface area contributed by atoms with Crippen LogP contribution in [0, 0.1) is 13.8 Å². The topological polar surface area (TPSA) is 75.2 Å². The molecular weight excluding hydrogens is 280 g/mol. The molecule has 6 nitrogen and oxygen atoms in total. The number of aromatic nitrogens is 1. The third-order valence-corrected chi connectivity index (χ3v) is 3.26. The molecule has 0 radical (unpaired) electrons. The number of benzene rings is 1. The number of aryl methyl sites for hydroxylation is 2. The number of hydrazine groups is 1. The number of urea groups is 1. The van der Waals surface area contributed by atoms with Gasteiger partial charge in [0.05, 0.1) is 0 Å². The Morgan fingerprint density at radius 1 is 1.05 bits per heavy atom. The molecule has 1 aromatic heterocycles. The van der Waals surface area contributed by atoms with Gasteiger partial charge in [0, 0.05) is 29.2 Å². The van der Waals surface area contributed by atoms with E-state index in [9.17, 15) is 9.59 Å². The molecule has 2 aromatic rings. The van der Waals surface area contributed by atoms with Crippen LogP contribution in [0.2, 0.25) is 0 Å². The summed E-state index contributed by atoms with van der Waals surface area (Å²) in [5.74, 6) is -0.365. The van der Waals surface area contributed by atoms with Crippen LogP contribution in [-0.2, 0) is 0 Å². The second kappa shape index (κ2) is 6.80. The molecule has 2 rings (SSSR count). The van der Waals surface area contributed by atoms with E-state index in [1.165, 1.54) is 0 Å². The largest absolute Gasteiger partial charge is 0.337 e. The fourth-order valence-corrected chi connectivity index (χ4v) is 2.25. The monoisotopic (exact) mass is 300 g/mol. The fourth-order valence-electron chi connectivity index (χ4n) is 2.25. The SMILES string of the molecule is CCNC(=O)NNC(=O)c1cccc(-n2c(C)ccc2C)c1. The van der Waals surface area contributed by atoms with Crippen molar-refractivity contribution in [2.45, 2.75) is 20.8 Å². The van der Waals surface area contributed by atoms with Gasteiger partial charge in [0.15, 0.2) is 0 Å². The van der Waals surface area contributed by atoms with Gasteiger partial charge < -0.3 is 9.88 Å². The van der Waals surface area contributed by atoms with Crippen molar-refractivity contribution >= 4 is 11.9 Å². The van der Waals surface area contributed by atoms with Gasteiger partial charge in [0.2, 0.25) is 0 Å². The van der Waals surface area contributed by atoms with Gasteiger partial charge in [-0.15, -0.1) is 0 Å². The summed E-state index contributed by atoms with van der Waals surface area (Å²) in [7, 11) is 0. The lowest BCUT2D eigenvalue weighted by atomic mass is 10.2. The van der Waals surface area contributed by atoms with Crippen molar-refractivity contribution < 1.29 is 9.59 Å². The molecular formula is C16H20N4O2. The van der Waals surface area contributed by atoms with Gasteiger partial charge in [-0.1, -0.05) is 6.07 Å². The Balaban J connectivity index is 2.15. The summed E-state index contributed by atoms with van der Waals surface area (Å²) in [5, 5.41) is 2.53. The van der Waals surface area contributed by atoms with Gasteiger partial charge in [-0.2, -0.15) is 0 Å². The van der Waals surface area contributed by atoms with E-state index in [4.69, 9.17) is 0 Å². The number of carbonyl (C=O) groups excluding carboxylic acids is 2. The molecule has 0 aliphatic rings. The van der Waals surface area contributed by atoms with Crippen molar-refractivity contribution in [1.82, 2.24) is 20.7 Å². The van der Waals surface area contributed by atoms with E-state index in [-0.39, 0.29) is 5.91 Å². The molecule has 6 heteroatoms. The van der Waals surface area contributed by atoms with Crippen LogP contribution < -0.4 is 16.2 Å². The highest BCUT2D eigenvalue weighted by Crippen LogP contribution is 2.17. The van der Waals surface area contributed by atoms with Crippen molar-refractivity contribution in [2.24, 2.45) is 0 Å². The zero-order valence-corrected chi connectivity index (χ0v) is 12.9. The number of nitrogens with zero attached hydrogens (tertiary/aromatic N) is 1. The van der Waals surface area contributed by atoms with Crippen molar-refractivity contribution in [1.29, 1.82) is 0 Å². The highest BCUT2D eigenvalue weighted by Gasteiger charge is 2.09. The number of hydrogen-bond acceptors (Lipinski definition) is 2. The second-order valence-corrected chi connectivity index (χ2v) is 4.94. The molecule has 0 aliphatic heterocycles. The van der Waals surface area contributed by atoms with E-state index < -0.39 is 6.03 Å². The number of amides is 3. The van der Waals surface area contributed by atoms with Crippen LogP contribution in [0.25, 0.3) is 5.69 Å². The summed E-state index contributed by atoms with van der Waals surface area (Å²) in [6, 6.07) is 10.9. The Hall–Kier alpha value is -2.76. The molecule has 0 bridgehead atoms. The standard InChI is InChI=1S/C16H20N4O2/c1-4-17-16(22)19-18-15(21)13-6-5-7-14(10-13)20-11(2)8-9-12(20)3/h5-10H,4H2,1-3H3,(H,18,21)(H2,17,19,22). The minimum absolute atomic E-state index is 0.365. The first-order chi connectivity index (χ1) is 10.5. The van der Waals surface area contributed by atoms with Crippen molar-refractivity contribution in [3.8, 4) is 5.69 Å². The summed E-state index contributed by atoms with van der Waals surface area (Å²) in [4.78, 5) is 23.4. The third-order valence-electron chi connectivity index (χ3n) is 3.26. The van der Waals surface area contributed by atoms with Crippen LogP contribution in [0.3, 0.4) is 0 Å². The van der Waals surface area contributed by atoms with E-state index in [2.05, 4.69) is 20.7 Å². The summed E-state index contributed by atoms with van der Waals surface area (Å²) >= 11 is 0. The van der Waals surface area contributed by atoms with E-state index in [1.54, 1.807) is 19.1 Å². The predicted octanol–water partition coefficient (Wildman–Crippen LogP) is 2.06. The number of rotatable bonds is 3. The average Bonchev–Trinajstić information content (AvgIpc) is 2.84. The zero-order valence-electron chi connectivity index (χ0n) is 12.9. The number of hydrogen-bond donors (Lipinski definition) is 3. The fraction of sp³-hybridized carbons (Fsp3) is 0.250. The molecule has 22 heavy (non-hydrogen) atoms. The Kier molecular flexibility index (Phi) is 4.83. The lowest BCUT2D eigenvalue weighted by Crippen LogP contribution is -2.46. The van der Waals surface area contributed by atoms with E-state index >= 15 is 0 Å². The minimum atomic E-state index is -0.441. The summed E-state index contributed by atoms with van der Waals surface area (Å²) in [6.07, 6.45) is 0. The quantitative estimate of drug-likeness (QED) is 0.759. The van der Waals surface area contributed by atoms with Gasteiger partial charge in [-0.25, -0.2) is 10.2 Å². The zero-order chi connectivity index (χ0) is 16.1. The second-order valence-electron chi connectivity index (χ2n) is 4.94. The first-order valence-electron chi connectivity index (χ1n) is 7.12. The first-order valence-corrected chi connectivity index (χ1v) is 7.12. The maximum absolute atomic E-state index is 12.1. The Morgan fingerprint density at radius 2 is 1.73 bits per heavy atom. The molecule has 0 saturated carbocycles. The minimum Gasteiger partial charge on any atom is -0.337 e. The van der Waals surface area contributed by atoms with Crippen LogP contribution in [0.1, 0.15) is 28.7 Å². The Bertz CT molecular complexity index is 672. The first kappa shape index (κ1) is 15.6. The van der Waals surface area contributed by atoms with Crippen LogP contribution >= 0.6 is 0 Å². The summed E-state index contributed by atoms with van der Waals surface area (Å²) < 4.78 is 2.06. The molecule has 0 aliphatic carbocycles. The summed E-state index contributed by atoms with van der Waals surface area (Å²) in [5.41, 5.74) is 8.25. The molecule has 0 unspecified atom stereocenters. The lowest BCUT2D eigenvalue weighted by Gasteiger charge is -2.12. The third kappa shape index (κ3) is 3.46. The van der Waals surface area contributed by atoms with Gasteiger partial charge in [-0.05, 0) is 51.1 Å². The van der Waals surface area contributed by atoms with Gasteiger partial charge in [0.1, 0.15) is 0 Å². The van der Waals surface area contributed by atoms with Crippen LogP contribution in [0.15, 0.2) is 36.4 Å². The maximum Gasteiger partial charge on any atom is 0.333 e. The highest BCUT2D eigenvalue weighted by atomic mass is 16.2. The van der Waals surface area contributed by atoms with Crippen LogP contribution in [0.4, 0.5) is 4.79 Å². The predicted molar refractivity (Wildman–Crippen MR) is 84.9 cm³/mol. The molecule has 0 fully saturated rings. The van der Waals surface area contributed by atoms with Crippen molar-refractivity contribution in [3.63, 3.8) is 0 Å². The molecule has 0 atom stereocenters. The van der Waals surface area contributed by atoms with Crippen molar-refractivity contribution in [2.75, 3.05) is 6.54 Å². The molecule has 3 amide bonds. The Morgan fingerprint density at radius 3 is 2.36 bits per heavy atom. The highest BCUT2D eigenvalue weighted by molar-refractivity contribution is 5.95. The molecule has 116 valence electrons. The smallest absolute Gasteiger partial charge is 0.333 e. The van der Waals surface area contributed by atoms with Gasteiger partial charge in [-0.3, -0.25) is 10.2 Å². The average molecular weight is 300 g/mol. The van der Waals surface area contributed by atoms with Crippen molar-refractivity contribution in [3.05, 3.63) is 53.3 Å². The Labute approximate surface area is 129 Å². The molecule has 0 saturated heterocycles. The van der Waals surface area contributed by atoms with Crippen LogP contribution in [-0.4, -0.2) is 23.1 Å². The maximum atomic E-state index is 12.1. The molecule has 1 aromatic carbocycles.